The fourth-order valence-electron chi connectivity index (χ4n) is 5.38. The highest BCUT2D eigenvalue weighted by atomic mass is 79.9. The van der Waals surface area contributed by atoms with Crippen LogP contribution in [0, 0.1) is 0 Å². The number of phenols is 4. The molecule has 4 N–H and O–H groups in total. The molecule has 8 heteroatoms. The fourth-order valence-corrected chi connectivity index (χ4v) is 6.04. The van der Waals surface area contributed by atoms with E-state index in [1.807, 2.05) is 72.8 Å². The number of halogens is 2. The predicted molar refractivity (Wildman–Crippen MR) is 182 cm³/mol. The van der Waals surface area contributed by atoms with Crippen molar-refractivity contribution in [3.63, 3.8) is 0 Å². The highest BCUT2D eigenvalue weighted by Gasteiger charge is 2.20. The van der Waals surface area contributed by atoms with E-state index < -0.39 is 0 Å². The lowest BCUT2D eigenvalue weighted by molar-refractivity contribution is 0.185. The number of hydrogen-bond acceptors (Lipinski definition) is 6. The first-order chi connectivity index (χ1) is 21.3. The van der Waals surface area contributed by atoms with Crippen molar-refractivity contribution >= 4 is 53.4 Å². The number of rotatable bonds is 6. The average Bonchev–Trinajstić information content (AvgIpc) is 3.03. The molecule has 0 aliphatic carbocycles. The lowest BCUT2D eigenvalue weighted by atomic mass is 9.92. The molecule has 6 nitrogen and oxygen atoms in total. The van der Waals surface area contributed by atoms with Crippen molar-refractivity contribution in [2.45, 2.75) is 13.2 Å². The molecule has 0 saturated heterocycles. The van der Waals surface area contributed by atoms with Crippen LogP contribution in [0.5, 0.6) is 23.0 Å². The Kier molecular flexibility index (Phi) is 9.76. The van der Waals surface area contributed by atoms with Crippen molar-refractivity contribution in [3.8, 4) is 45.3 Å². The van der Waals surface area contributed by atoms with Crippen LogP contribution >= 0.6 is 31.9 Å². The summed E-state index contributed by atoms with van der Waals surface area (Å²) in [5.41, 5.74) is 4.22. The van der Waals surface area contributed by atoms with Gasteiger partial charge >= 0.3 is 0 Å². The van der Waals surface area contributed by atoms with Crippen molar-refractivity contribution in [2.24, 2.45) is 0 Å². The van der Waals surface area contributed by atoms with Crippen LogP contribution < -0.4 is 0 Å². The summed E-state index contributed by atoms with van der Waals surface area (Å²) in [6.07, 6.45) is 0. The van der Waals surface area contributed by atoms with E-state index in [4.69, 9.17) is 9.47 Å². The molecule has 0 aliphatic heterocycles. The van der Waals surface area contributed by atoms with E-state index in [0.29, 0.717) is 33.3 Å². The van der Waals surface area contributed by atoms with Gasteiger partial charge in [-0.3, -0.25) is 0 Å². The molecule has 44 heavy (non-hydrogen) atoms. The zero-order valence-electron chi connectivity index (χ0n) is 24.0. The Morgan fingerprint density at radius 2 is 0.864 bits per heavy atom. The first-order valence-corrected chi connectivity index (χ1v) is 15.3. The Morgan fingerprint density at radius 3 is 1.25 bits per heavy atom. The van der Waals surface area contributed by atoms with E-state index in [2.05, 4.69) is 31.9 Å². The number of methoxy groups -OCH3 is 2. The van der Waals surface area contributed by atoms with E-state index >= 15 is 0 Å². The molecule has 6 aromatic rings. The molecule has 0 aromatic heterocycles. The van der Waals surface area contributed by atoms with Gasteiger partial charge in [0.05, 0.1) is 33.3 Å². The van der Waals surface area contributed by atoms with Crippen molar-refractivity contribution in [3.05, 3.63) is 117 Å². The fraction of sp³-hybridized carbons (Fsp3) is 0.111. The summed E-state index contributed by atoms with van der Waals surface area (Å²) in [5.74, 6) is 0.117. The molecule has 0 radical (unpaired) electrons. The van der Waals surface area contributed by atoms with Crippen LogP contribution in [0.4, 0.5) is 0 Å². The summed E-state index contributed by atoms with van der Waals surface area (Å²) in [7, 11) is 3.25. The van der Waals surface area contributed by atoms with E-state index in [1.54, 1.807) is 38.5 Å². The molecule has 6 aromatic carbocycles. The second-order valence-corrected chi connectivity index (χ2v) is 11.8. The Labute approximate surface area is 272 Å². The number of phenolic OH excluding ortho intramolecular Hbond substituents is 4. The van der Waals surface area contributed by atoms with Crippen LogP contribution in [0.25, 0.3) is 43.8 Å². The van der Waals surface area contributed by atoms with Crippen LogP contribution in [-0.2, 0) is 22.7 Å². The first kappa shape index (κ1) is 31.3. The molecule has 0 bridgehead atoms. The summed E-state index contributed by atoms with van der Waals surface area (Å²) in [6.45, 7) is 0.789. The van der Waals surface area contributed by atoms with Gasteiger partial charge in [0.1, 0.15) is 23.0 Å². The Morgan fingerprint density at radius 1 is 0.477 bits per heavy atom. The van der Waals surface area contributed by atoms with Gasteiger partial charge in [-0.25, -0.2) is 0 Å². The number of benzene rings is 6. The summed E-state index contributed by atoms with van der Waals surface area (Å²) >= 11 is 6.63. The number of aromatic hydroxyl groups is 4. The molecular formula is C36H30Br2O6. The lowest BCUT2D eigenvalue weighted by Crippen LogP contribution is -1.95. The van der Waals surface area contributed by atoms with Crippen LogP contribution in [-0.4, -0.2) is 34.6 Å². The van der Waals surface area contributed by atoms with Crippen LogP contribution in [0.3, 0.4) is 0 Å². The summed E-state index contributed by atoms with van der Waals surface area (Å²) in [4.78, 5) is 0. The first-order valence-electron chi connectivity index (χ1n) is 13.7. The summed E-state index contributed by atoms with van der Waals surface area (Å²) < 4.78 is 11.6. The van der Waals surface area contributed by atoms with E-state index in [9.17, 15) is 20.4 Å². The third kappa shape index (κ3) is 6.12. The Hall–Kier alpha value is -4.08. The highest BCUT2D eigenvalue weighted by molar-refractivity contribution is 9.11. The van der Waals surface area contributed by atoms with Gasteiger partial charge in [-0.15, -0.1) is 0 Å². The minimum absolute atomic E-state index is 0.0220. The highest BCUT2D eigenvalue weighted by Crippen LogP contribution is 2.47. The van der Waals surface area contributed by atoms with Gasteiger partial charge in [-0.1, -0.05) is 72.8 Å². The molecular weight excluding hydrogens is 688 g/mol. The normalized spacial score (nSPS) is 11.0. The Bertz CT molecular complexity index is 1830. The molecule has 0 spiro atoms. The molecule has 0 unspecified atom stereocenters. The standard InChI is InChI=1S/2C18H15BrO3/c2*1-22-10-12-7-6-11-4-2-3-5-13(11)16(12)17-15(20)9-8-14(19)18(17)21/h2*2-9,20-21H,10H2,1H3. The minimum atomic E-state index is 0.0220. The zero-order chi connectivity index (χ0) is 31.4. The van der Waals surface area contributed by atoms with Crippen LogP contribution in [0.2, 0.25) is 0 Å². The molecule has 0 saturated carbocycles. The topological polar surface area (TPSA) is 99.4 Å². The third-order valence-corrected chi connectivity index (χ3v) is 8.62. The molecule has 0 heterocycles. The van der Waals surface area contributed by atoms with E-state index in [-0.39, 0.29) is 23.0 Å². The maximum Gasteiger partial charge on any atom is 0.141 e. The SMILES string of the molecule is COCc1ccc2ccccc2c1-c1c(O)ccc(Br)c1O.COCc1ccc2ccccc2c1-c1c(O)ccc(Br)c1O. The van der Waals surface area contributed by atoms with Crippen molar-refractivity contribution in [2.75, 3.05) is 14.2 Å². The average molecular weight is 718 g/mol. The van der Waals surface area contributed by atoms with Crippen LogP contribution in [0.15, 0.2) is 106 Å². The summed E-state index contributed by atoms with van der Waals surface area (Å²) in [5, 5.41) is 45.5. The molecule has 0 amide bonds. The third-order valence-electron chi connectivity index (χ3n) is 7.34. The van der Waals surface area contributed by atoms with E-state index in [0.717, 1.165) is 43.8 Å². The van der Waals surface area contributed by atoms with Crippen LogP contribution in [0.1, 0.15) is 11.1 Å². The van der Waals surface area contributed by atoms with Crippen molar-refractivity contribution in [1.29, 1.82) is 0 Å². The van der Waals surface area contributed by atoms with Gasteiger partial charge in [0.25, 0.3) is 0 Å². The second kappa shape index (κ2) is 13.7. The number of fused-ring (bicyclic) bond motifs is 2. The zero-order valence-corrected chi connectivity index (χ0v) is 27.2. The largest absolute Gasteiger partial charge is 0.507 e. The van der Waals surface area contributed by atoms with Crippen molar-refractivity contribution < 1.29 is 29.9 Å². The van der Waals surface area contributed by atoms with Gasteiger partial charge in [0, 0.05) is 25.3 Å². The summed E-state index contributed by atoms with van der Waals surface area (Å²) in [6, 6.07) is 30.1. The van der Waals surface area contributed by atoms with Gasteiger partial charge < -0.3 is 29.9 Å². The monoisotopic (exact) mass is 716 g/mol. The van der Waals surface area contributed by atoms with Gasteiger partial charge in [-0.05, 0) is 88.8 Å². The lowest BCUT2D eigenvalue weighted by Gasteiger charge is -2.16. The second-order valence-electron chi connectivity index (χ2n) is 10.1. The maximum absolute atomic E-state index is 10.4. The molecule has 6 rings (SSSR count). The predicted octanol–water partition coefficient (Wildman–Crippen LogP) is 9.65. The molecule has 0 aliphatic rings. The minimum Gasteiger partial charge on any atom is -0.507 e. The Balaban J connectivity index is 0.000000175. The number of ether oxygens (including phenoxy) is 2. The molecule has 0 fully saturated rings. The number of hydrogen-bond donors (Lipinski definition) is 4. The van der Waals surface area contributed by atoms with Gasteiger partial charge in [0.15, 0.2) is 0 Å². The van der Waals surface area contributed by atoms with E-state index in [1.165, 1.54) is 0 Å². The molecule has 0 atom stereocenters. The van der Waals surface area contributed by atoms with Crippen molar-refractivity contribution in [1.82, 2.24) is 0 Å². The van der Waals surface area contributed by atoms with Gasteiger partial charge in [-0.2, -0.15) is 0 Å². The maximum atomic E-state index is 10.4. The van der Waals surface area contributed by atoms with Gasteiger partial charge in [0.2, 0.25) is 0 Å². The quantitative estimate of drug-likeness (QED) is 0.137. The smallest absolute Gasteiger partial charge is 0.141 e. The molecule has 224 valence electrons.